The molecule has 0 N–H and O–H groups in total. The van der Waals surface area contributed by atoms with E-state index in [1.54, 1.807) is 0 Å². The first-order chi connectivity index (χ1) is 14.1. The number of carbonyl (C=O) groups excluding carboxylic acids is 1. The molecule has 0 radical (unpaired) electrons. The summed E-state index contributed by atoms with van der Waals surface area (Å²) in [5.74, 6) is -0.221. The zero-order valence-corrected chi connectivity index (χ0v) is 16.9. The fourth-order valence-corrected chi connectivity index (χ4v) is 4.40. The lowest BCUT2D eigenvalue weighted by Crippen LogP contribution is -2.36. The minimum atomic E-state index is -0.591. The summed E-state index contributed by atoms with van der Waals surface area (Å²) in [7, 11) is 0. The van der Waals surface area contributed by atoms with Crippen LogP contribution >= 0.6 is 0 Å². The fourth-order valence-electron chi connectivity index (χ4n) is 4.40. The van der Waals surface area contributed by atoms with Crippen molar-refractivity contribution in [3.8, 4) is 0 Å². The van der Waals surface area contributed by atoms with E-state index >= 15 is 0 Å². The van der Waals surface area contributed by atoms with Crippen LogP contribution in [0.1, 0.15) is 35.6 Å². The molecular weight excluding hydrogens is 358 g/mol. The molecule has 0 spiro atoms. The van der Waals surface area contributed by atoms with Gasteiger partial charge in [0.25, 0.3) is 0 Å². The normalized spacial score (nSPS) is 19.2. The second-order valence-electron chi connectivity index (χ2n) is 7.85. The third-order valence-corrected chi connectivity index (χ3v) is 5.64. The Bertz CT molecular complexity index is 955. The summed E-state index contributed by atoms with van der Waals surface area (Å²) in [5.41, 5.74) is 4.31. The summed E-state index contributed by atoms with van der Waals surface area (Å²) in [4.78, 5) is 14.5. The Morgan fingerprint density at radius 3 is 2.21 bits per heavy atom. The summed E-state index contributed by atoms with van der Waals surface area (Å²) in [6, 6.07) is 29.3. The molecule has 0 aliphatic carbocycles. The van der Waals surface area contributed by atoms with Crippen LogP contribution in [-0.4, -0.2) is 24.0 Å². The molecule has 1 saturated heterocycles. The monoisotopic (exact) mass is 385 g/mol. The number of nitrogens with zero attached hydrogens (tertiary/aromatic N) is 1. The SMILES string of the molecule is CC(=O)OC1(c2ccccc2Cc2ccccc2)CCN(Cc2ccccc2)C1. The maximum atomic E-state index is 12.1. The first kappa shape index (κ1) is 19.4. The number of hydrogen-bond acceptors (Lipinski definition) is 3. The van der Waals surface area contributed by atoms with Gasteiger partial charge in [-0.2, -0.15) is 0 Å². The average Bonchev–Trinajstić information content (AvgIpc) is 3.12. The first-order valence-electron chi connectivity index (χ1n) is 10.2. The van der Waals surface area contributed by atoms with Crippen LogP contribution in [0.15, 0.2) is 84.9 Å². The zero-order chi connectivity index (χ0) is 20.1. The minimum Gasteiger partial charge on any atom is -0.453 e. The topological polar surface area (TPSA) is 29.5 Å². The van der Waals surface area contributed by atoms with E-state index in [1.165, 1.54) is 23.6 Å². The van der Waals surface area contributed by atoms with Gasteiger partial charge in [0.05, 0.1) is 0 Å². The van der Waals surface area contributed by atoms with Crippen LogP contribution in [0.2, 0.25) is 0 Å². The van der Waals surface area contributed by atoms with Gasteiger partial charge in [0.2, 0.25) is 0 Å². The van der Waals surface area contributed by atoms with E-state index in [0.717, 1.165) is 31.5 Å². The number of likely N-dealkylation sites (tertiary alicyclic amines) is 1. The number of rotatable bonds is 6. The van der Waals surface area contributed by atoms with Crippen LogP contribution in [0.3, 0.4) is 0 Å². The summed E-state index contributed by atoms with van der Waals surface area (Å²) in [5, 5.41) is 0. The molecule has 1 aliphatic rings. The lowest BCUT2D eigenvalue weighted by Gasteiger charge is -2.31. The van der Waals surface area contributed by atoms with Crippen LogP contribution in [-0.2, 0) is 28.1 Å². The van der Waals surface area contributed by atoms with E-state index in [1.807, 2.05) is 12.1 Å². The van der Waals surface area contributed by atoms with E-state index in [0.29, 0.717) is 6.54 Å². The number of benzene rings is 3. The molecule has 0 aromatic heterocycles. The van der Waals surface area contributed by atoms with Crippen molar-refractivity contribution < 1.29 is 9.53 Å². The molecule has 148 valence electrons. The highest BCUT2D eigenvalue weighted by molar-refractivity contribution is 5.67. The van der Waals surface area contributed by atoms with Crippen molar-refractivity contribution >= 4 is 5.97 Å². The number of esters is 1. The van der Waals surface area contributed by atoms with Gasteiger partial charge < -0.3 is 4.74 Å². The van der Waals surface area contributed by atoms with E-state index < -0.39 is 5.60 Å². The van der Waals surface area contributed by atoms with E-state index in [-0.39, 0.29) is 5.97 Å². The Morgan fingerprint density at radius 1 is 0.897 bits per heavy atom. The molecule has 1 unspecified atom stereocenters. The molecule has 4 rings (SSSR count). The molecule has 1 fully saturated rings. The minimum absolute atomic E-state index is 0.221. The standard InChI is InChI=1S/C26H27NO2/c1-21(28)29-26(16-17-27(20-26)19-23-12-6-3-7-13-23)25-15-9-8-14-24(25)18-22-10-4-2-5-11-22/h2-15H,16-20H2,1H3. The Balaban J connectivity index is 1.63. The highest BCUT2D eigenvalue weighted by Gasteiger charge is 2.43. The smallest absolute Gasteiger partial charge is 0.303 e. The molecule has 3 heteroatoms. The van der Waals surface area contributed by atoms with Gasteiger partial charge in [-0.25, -0.2) is 0 Å². The van der Waals surface area contributed by atoms with Crippen molar-refractivity contribution in [1.82, 2.24) is 4.90 Å². The van der Waals surface area contributed by atoms with E-state index in [4.69, 9.17) is 4.74 Å². The van der Waals surface area contributed by atoms with Gasteiger partial charge in [0, 0.05) is 38.5 Å². The number of hydrogen-bond donors (Lipinski definition) is 0. The van der Waals surface area contributed by atoms with Gasteiger partial charge in [-0.15, -0.1) is 0 Å². The molecule has 0 bridgehead atoms. The highest BCUT2D eigenvalue weighted by Crippen LogP contribution is 2.39. The van der Waals surface area contributed by atoms with Crippen molar-refractivity contribution in [2.75, 3.05) is 13.1 Å². The van der Waals surface area contributed by atoms with Crippen molar-refractivity contribution in [3.05, 3.63) is 107 Å². The van der Waals surface area contributed by atoms with Gasteiger partial charge in [-0.1, -0.05) is 84.9 Å². The second kappa shape index (κ2) is 8.62. The molecule has 29 heavy (non-hydrogen) atoms. The lowest BCUT2D eigenvalue weighted by atomic mass is 9.86. The Hall–Kier alpha value is -2.91. The molecule has 3 aromatic rings. The van der Waals surface area contributed by atoms with E-state index in [2.05, 4.69) is 77.7 Å². The Kier molecular flexibility index (Phi) is 5.77. The van der Waals surface area contributed by atoms with Gasteiger partial charge >= 0.3 is 5.97 Å². The number of carbonyl (C=O) groups is 1. The summed E-state index contributed by atoms with van der Waals surface area (Å²) in [6.45, 7) is 4.00. The third-order valence-electron chi connectivity index (χ3n) is 5.64. The Morgan fingerprint density at radius 2 is 1.52 bits per heavy atom. The van der Waals surface area contributed by atoms with Crippen LogP contribution in [0, 0.1) is 0 Å². The second-order valence-corrected chi connectivity index (χ2v) is 7.85. The lowest BCUT2D eigenvalue weighted by molar-refractivity contribution is -0.157. The maximum Gasteiger partial charge on any atom is 0.303 e. The zero-order valence-electron chi connectivity index (χ0n) is 16.9. The van der Waals surface area contributed by atoms with Crippen LogP contribution in [0.25, 0.3) is 0 Å². The molecule has 0 amide bonds. The van der Waals surface area contributed by atoms with E-state index in [9.17, 15) is 4.79 Å². The molecule has 1 atom stereocenters. The largest absolute Gasteiger partial charge is 0.453 e. The molecular formula is C26H27NO2. The van der Waals surface area contributed by atoms with Crippen molar-refractivity contribution in [2.24, 2.45) is 0 Å². The third kappa shape index (κ3) is 4.57. The van der Waals surface area contributed by atoms with Gasteiger partial charge in [-0.05, 0) is 23.1 Å². The predicted molar refractivity (Wildman–Crippen MR) is 115 cm³/mol. The van der Waals surface area contributed by atoms with Gasteiger partial charge in [0.1, 0.15) is 0 Å². The first-order valence-corrected chi connectivity index (χ1v) is 10.2. The highest BCUT2D eigenvalue weighted by atomic mass is 16.6. The van der Waals surface area contributed by atoms with Crippen molar-refractivity contribution in [2.45, 2.75) is 31.9 Å². The van der Waals surface area contributed by atoms with Gasteiger partial charge in [0.15, 0.2) is 5.60 Å². The summed E-state index contributed by atoms with van der Waals surface area (Å²) < 4.78 is 6.05. The quantitative estimate of drug-likeness (QED) is 0.563. The molecule has 1 heterocycles. The van der Waals surface area contributed by atoms with Crippen LogP contribution in [0.4, 0.5) is 0 Å². The Labute approximate surface area is 172 Å². The van der Waals surface area contributed by atoms with Crippen LogP contribution < -0.4 is 0 Å². The van der Waals surface area contributed by atoms with Gasteiger partial charge in [-0.3, -0.25) is 9.69 Å². The summed E-state index contributed by atoms with van der Waals surface area (Å²) >= 11 is 0. The van der Waals surface area contributed by atoms with Crippen molar-refractivity contribution in [1.29, 1.82) is 0 Å². The number of ether oxygens (including phenoxy) is 1. The summed E-state index contributed by atoms with van der Waals surface area (Å²) in [6.07, 6.45) is 1.64. The fraction of sp³-hybridized carbons (Fsp3) is 0.269. The molecule has 3 nitrogen and oxygen atoms in total. The van der Waals surface area contributed by atoms with Crippen LogP contribution in [0.5, 0.6) is 0 Å². The molecule has 3 aromatic carbocycles. The van der Waals surface area contributed by atoms with Crippen molar-refractivity contribution in [3.63, 3.8) is 0 Å². The predicted octanol–water partition coefficient (Wildman–Crippen LogP) is 4.94. The maximum absolute atomic E-state index is 12.1. The molecule has 0 saturated carbocycles. The average molecular weight is 386 g/mol. The molecule has 1 aliphatic heterocycles.